The molecule has 2 rings (SSSR count). The van der Waals surface area contributed by atoms with Gasteiger partial charge in [-0.2, -0.15) is 0 Å². The summed E-state index contributed by atoms with van der Waals surface area (Å²) in [5.41, 5.74) is 2.28. The highest BCUT2D eigenvalue weighted by molar-refractivity contribution is 6.00. The van der Waals surface area contributed by atoms with Crippen LogP contribution in [0.4, 0.5) is 16.2 Å². The highest BCUT2D eigenvalue weighted by atomic mass is 16.2. The number of hydrogen-bond acceptors (Lipinski definition) is 2. The van der Waals surface area contributed by atoms with Gasteiger partial charge in [-0.1, -0.05) is 11.6 Å². The maximum absolute atomic E-state index is 12.0. The van der Waals surface area contributed by atoms with Crippen molar-refractivity contribution < 1.29 is 9.59 Å². The number of benzene rings is 1. The van der Waals surface area contributed by atoms with Crippen LogP contribution >= 0.6 is 0 Å². The summed E-state index contributed by atoms with van der Waals surface area (Å²) >= 11 is 0. The highest BCUT2D eigenvalue weighted by Crippen LogP contribution is 2.17. The molecule has 1 aromatic carbocycles. The van der Waals surface area contributed by atoms with Gasteiger partial charge in [0.15, 0.2) is 0 Å². The number of hydrogen-bond donors (Lipinski definition) is 2. The van der Waals surface area contributed by atoms with E-state index in [-0.39, 0.29) is 11.9 Å². The number of likely N-dealkylation sites (tertiary alicyclic amines) is 1. The van der Waals surface area contributed by atoms with Crippen molar-refractivity contribution >= 4 is 23.3 Å². The van der Waals surface area contributed by atoms with Gasteiger partial charge in [-0.3, -0.25) is 4.79 Å². The first kappa shape index (κ1) is 15.1. The number of allylic oxidation sites excluding steroid dienone is 1. The maximum Gasteiger partial charge on any atom is 0.321 e. The average Bonchev–Trinajstić information content (AvgIpc) is 2.91. The Hall–Kier alpha value is -2.30. The van der Waals surface area contributed by atoms with E-state index in [0.717, 1.165) is 31.5 Å². The van der Waals surface area contributed by atoms with Crippen molar-refractivity contribution in [2.75, 3.05) is 23.7 Å². The number of carbonyl (C=O) groups is 2. The number of carbonyl (C=O) groups excluding carboxylic acids is 2. The van der Waals surface area contributed by atoms with Crippen LogP contribution in [0.1, 0.15) is 26.7 Å². The van der Waals surface area contributed by atoms with Gasteiger partial charge in [0.2, 0.25) is 5.91 Å². The first-order valence-corrected chi connectivity index (χ1v) is 7.16. The third-order valence-corrected chi connectivity index (χ3v) is 3.19. The van der Waals surface area contributed by atoms with Gasteiger partial charge in [0.25, 0.3) is 0 Å². The molecule has 0 bridgehead atoms. The van der Waals surface area contributed by atoms with Crippen LogP contribution in [0.25, 0.3) is 0 Å². The number of urea groups is 1. The Morgan fingerprint density at radius 2 is 1.71 bits per heavy atom. The van der Waals surface area contributed by atoms with Gasteiger partial charge in [-0.05, 0) is 44.9 Å². The van der Waals surface area contributed by atoms with Crippen molar-refractivity contribution in [3.8, 4) is 0 Å². The Morgan fingerprint density at radius 3 is 2.33 bits per heavy atom. The van der Waals surface area contributed by atoms with Gasteiger partial charge < -0.3 is 15.5 Å². The molecule has 1 saturated heterocycles. The molecule has 0 aromatic heterocycles. The molecule has 5 heteroatoms. The summed E-state index contributed by atoms with van der Waals surface area (Å²) in [6.45, 7) is 5.35. The van der Waals surface area contributed by atoms with Crippen molar-refractivity contribution in [1.29, 1.82) is 0 Å². The van der Waals surface area contributed by atoms with Crippen molar-refractivity contribution in [2.24, 2.45) is 0 Å². The fourth-order valence-corrected chi connectivity index (χ4v) is 2.24. The van der Waals surface area contributed by atoms with Gasteiger partial charge in [0, 0.05) is 30.5 Å². The minimum atomic E-state index is -0.169. The maximum atomic E-state index is 12.0. The second kappa shape index (κ2) is 6.92. The predicted octanol–water partition coefficient (Wildman–Crippen LogP) is 3.22. The topological polar surface area (TPSA) is 61.4 Å². The summed E-state index contributed by atoms with van der Waals surface area (Å²) < 4.78 is 0. The smallest absolute Gasteiger partial charge is 0.321 e. The van der Waals surface area contributed by atoms with Gasteiger partial charge in [-0.25, -0.2) is 4.79 Å². The Labute approximate surface area is 125 Å². The molecule has 0 unspecified atom stereocenters. The molecule has 0 radical (unpaired) electrons. The van der Waals surface area contributed by atoms with Crippen LogP contribution in [-0.2, 0) is 4.79 Å². The first-order chi connectivity index (χ1) is 10.0. The molecule has 1 aliphatic heterocycles. The molecule has 112 valence electrons. The van der Waals surface area contributed by atoms with Crippen LogP contribution in [0.5, 0.6) is 0 Å². The molecular formula is C16H21N3O2. The minimum absolute atomic E-state index is 0.0831. The van der Waals surface area contributed by atoms with Crippen LogP contribution in [0.15, 0.2) is 35.9 Å². The van der Waals surface area contributed by atoms with E-state index in [0.29, 0.717) is 11.4 Å². The number of nitrogens with one attached hydrogen (secondary N) is 2. The zero-order chi connectivity index (χ0) is 15.2. The molecule has 0 saturated carbocycles. The predicted molar refractivity (Wildman–Crippen MR) is 84.3 cm³/mol. The van der Waals surface area contributed by atoms with E-state index in [2.05, 4.69) is 10.6 Å². The fourth-order valence-electron chi connectivity index (χ4n) is 2.24. The molecule has 0 atom stereocenters. The molecule has 0 spiro atoms. The van der Waals surface area contributed by atoms with E-state index in [1.165, 1.54) is 6.08 Å². The lowest BCUT2D eigenvalue weighted by Crippen LogP contribution is -2.32. The van der Waals surface area contributed by atoms with E-state index in [1.54, 1.807) is 23.1 Å². The van der Waals surface area contributed by atoms with Gasteiger partial charge >= 0.3 is 6.03 Å². The highest BCUT2D eigenvalue weighted by Gasteiger charge is 2.17. The summed E-state index contributed by atoms with van der Waals surface area (Å²) in [6.07, 6.45) is 3.66. The summed E-state index contributed by atoms with van der Waals surface area (Å²) in [6, 6.07) is 7.08. The molecule has 1 aromatic rings. The molecule has 1 heterocycles. The molecule has 2 N–H and O–H groups in total. The van der Waals surface area contributed by atoms with Crippen molar-refractivity contribution in [1.82, 2.24) is 4.90 Å². The number of nitrogens with zero attached hydrogens (tertiary/aromatic N) is 1. The standard InChI is InChI=1S/C16H21N3O2/c1-12(2)10-15(20)17-13-6-5-7-14(11-13)18-16(21)19-8-3-4-9-19/h5-7,10-11H,3-4,8-9H2,1-2H3,(H,17,20)(H,18,21). The zero-order valence-corrected chi connectivity index (χ0v) is 12.5. The normalized spacial score (nSPS) is 13.7. The Bertz CT molecular complexity index is 556. The fraction of sp³-hybridized carbons (Fsp3) is 0.375. The van der Waals surface area contributed by atoms with Crippen molar-refractivity contribution in [3.63, 3.8) is 0 Å². The number of anilines is 2. The molecule has 5 nitrogen and oxygen atoms in total. The Balaban J connectivity index is 1.98. The third-order valence-electron chi connectivity index (χ3n) is 3.19. The molecule has 1 fully saturated rings. The second-order valence-corrected chi connectivity index (χ2v) is 5.42. The lowest BCUT2D eigenvalue weighted by molar-refractivity contribution is -0.111. The third kappa shape index (κ3) is 4.63. The molecule has 21 heavy (non-hydrogen) atoms. The number of amides is 3. The monoisotopic (exact) mass is 287 g/mol. The molecule has 1 aliphatic rings. The van der Waals surface area contributed by atoms with Gasteiger partial charge in [0.05, 0.1) is 0 Å². The van der Waals surface area contributed by atoms with Crippen molar-refractivity contribution in [3.05, 3.63) is 35.9 Å². The second-order valence-electron chi connectivity index (χ2n) is 5.42. The molecule has 3 amide bonds. The van der Waals surface area contributed by atoms with E-state index in [9.17, 15) is 9.59 Å². The minimum Gasteiger partial charge on any atom is -0.325 e. The van der Waals surface area contributed by atoms with Crippen molar-refractivity contribution in [2.45, 2.75) is 26.7 Å². The summed E-state index contributed by atoms with van der Waals surface area (Å²) in [7, 11) is 0. The van der Waals surface area contributed by atoms with Gasteiger partial charge in [0.1, 0.15) is 0 Å². The Morgan fingerprint density at radius 1 is 1.10 bits per heavy atom. The first-order valence-electron chi connectivity index (χ1n) is 7.16. The van der Waals surface area contributed by atoms with E-state index in [4.69, 9.17) is 0 Å². The van der Waals surface area contributed by atoms with Gasteiger partial charge in [-0.15, -0.1) is 0 Å². The number of rotatable bonds is 3. The van der Waals surface area contributed by atoms with Crippen LogP contribution < -0.4 is 10.6 Å². The van der Waals surface area contributed by atoms with Crippen LogP contribution in [0.3, 0.4) is 0 Å². The van der Waals surface area contributed by atoms with Crippen LogP contribution in [0, 0.1) is 0 Å². The largest absolute Gasteiger partial charge is 0.325 e. The van der Waals surface area contributed by atoms with E-state index < -0.39 is 0 Å². The van der Waals surface area contributed by atoms with E-state index in [1.807, 2.05) is 19.9 Å². The average molecular weight is 287 g/mol. The zero-order valence-electron chi connectivity index (χ0n) is 12.5. The molecular weight excluding hydrogens is 266 g/mol. The molecule has 0 aliphatic carbocycles. The SMILES string of the molecule is CC(C)=CC(=O)Nc1cccc(NC(=O)N2CCCC2)c1. The summed E-state index contributed by atoms with van der Waals surface area (Å²) in [4.78, 5) is 25.5. The van der Waals surface area contributed by atoms with Crippen LogP contribution in [-0.4, -0.2) is 29.9 Å². The quantitative estimate of drug-likeness (QED) is 0.838. The summed E-state index contributed by atoms with van der Waals surface area (Å²) in [5, 5.41) is 5.63. The Kier molecular flexibility index (Phi) is 4.98. The van der Waals surface area contributed by atoms with Crippen LogP contribution in [0.2, 0.25) is 0 Å². The summed E-state index contributed by atoms with van der Waals surface area (Å²) in [5.74, 6) is -0.169. The lowest BCUT2D eigenvalue weighted by Gasteiger charge is -2.16. The lowest BCUT2D eigenvalue weighted by atomic mass is 10.2. The van der Waals surface area contributed by atoms with E-state index >= 15 is 0 Å².